The maximum Gasteiger partial charge on any atom is 0.161 e. The molecule has 0 aliphatic carbocycles. The topological polar surface area (TPSA) is 49.2 Å². The summed E-state index contributed by atoms with van der Waals surface area (Å²) in [6, 6.07) is 18.0. The lowest BCUT2D eigenvalue weighted by molar-refractivity contribution is 0.194. The van der Waals surface area contributed by atoms with Crippen molar-refractivity contribution >= 4 is 5.82 Å². The molecule has 1 fully saturated rings. The maximum atomic E-state index is 13.2. The fourth-order valence-electron chi connectivity index (χ4n) is 3.30. The Bertz CT molecular complexity index is 854. The summed E-state index contributed by atoms with van der Waals surface area (Å²) in [6.45, 7) is 0.493. The quantitative estimate of drug-likeness (QED) is 0.795. The third kappa shape index (κ3) is 3.23. The molecule has 0 radical (unpaired) electrons. The molecule has 5 heteroatoms. The van der Waals surface area contributed by atoms with Gasteiger partial charge in [0.25, 0.3) is 0 Å². The molecule has 1 aromatic heterocycles. The Morgan fingerprint density at radius 1 is 1.00 bits per heavy atom. The van der Waals surface area contributed by atoms with E-state index in [1.165, 1.54) is 12.1 Å². The van der Waals surface area contributed by atoms with Crippen LogP contribution in [0.4, 0.5) is 10.2 Å². The minimum Gasteiger partial charge on any atom is -0.391 e. The molecular weight excluding hydrogens is 317 g/mol. The van der Waals surface area contributed by atoms with Gasteiger partial charge in [0.05, 0.1) is 12.1 Å². The van der Waals surface area contributed by atoms with Crippen molar-refractivity contribution in [3.05, 3.63) is 78.2 Å². The summed E-state index contributed by atoms with van der Waals surface area (Å²) in [4.78, 5) is 11.1. The van der Waals surface area contributed by atoms with Crippen molar-refractivity contribution in [2.45, 2.75) is 18.6 Å². The highest BCUT2D eigenvalue weighted by Crippen LogP contribution is 2.35. The highest BCUT2D eigenvalue weighted by molar-refractivity contribution is 5.57. The molecular formula is C20H18FN3O. The van der Waals surface area contributed by atoms with E-state index in [4.69, 9.17) is 0 Å². The SMILES string of the molecule is O[C@@H]1C[C@@H](c2ccc(F)cc2)N(c2ccnc(-c3ccccc3)n2)C1. The second-order valence-corrected chi connectivity index (χ2v) is 6.21. The maximum absolute atomic E-state index is 13.2. The van der Waals surface area contributed by atoms with Crippen LogP contribution in [0.25, 0.3) is 11.4 Å². The average molecular weight is 335 g/mol. The Morgan fingerprint density at radius 2 is 1.76 bits per heavy atom. The summed E-state index contributed by atoms with van der Waals surface area (Å²) >= 11 is 0. The van der Waals surface area contributed by atoms with Gasteiger partial charge in [-0.15, -0.1) is 0 Å². The van der Waals surface area contributed by atoms with Crippen molar-refractivity contribution in [1.29, 1.82) is 0 Å². The Morgan fingerprint density at radius 3 is 2.52 bits per heavy atom. The summed E-state index contributed by atoms with van der Waals surface area (Å²) in [6.07, 6.45) is 1.89. The fourth-order valence-corrected chi connectivity index (χ4v) is 3.30. The second-order valence-electron chi connectivity index (χ2n) is 6.21. The number of hydrogen-bond acceptors (Lipinski definition) is 4. The number of aromatic nitrogens is 2. The lowest BCUT2D eigenvalue weighted by Gasteiger charge is -2.26. The van der Waals surface area contributed by atoms with Gasteiger partial charge >= 0.3 is 0 Å². The van der Waals surface area contributed by atoms with Crippen molar-refractivity contribution in [1.82, 2.24) is 9.97 Å². The molecule has 126 valence electrons. The number of nitrogens with zero attached hydrogens (tertiary/aromatic N) is 3. The van der Waals surface area contributed by atoms with Crippen LogP contribution in [0, 0.1) is 5.82 Å². The molecule has 0 unspecified atom stereocenters. The van der Waals surface area contributed by atoms with Gasteiger partial charge < -0.3 is 10.0 Å². The van der Waals surface area contributed by atoms with Crippen LogP contribution in [-0.4, -0.2) is 27.7 Å². The molecule has 4 nitrogen and oxygen atoms in total. The van der Waals surface area contributed by atoms with Crippen LogP contribution < -0.4 is 4.90 Å². The minimum atomic E-state index is -0.440. The van der Waals surface area contributed by atoms with Gasteiger partial charge in [0.1, 0.15) is 11.6 Å². The molecule has 25 heavy (non-hydrogen) atoms. The molecule has 0 spiro atoms. The number of β-amino-alcohol motifs (C(OH)–C–C–N with tert-alkyl or cyclic N) is 1. The number of halogens is 1. The number of benzene rings is 2. The third-order valence-corrected chi connectivity index (χ3v) is 4.50. The van der Waals surface area contributed by atoms with Gasteiger partial charge in [-0.05, 0) is 30.2 Å². The highest BCUT2D eigenvalue weighted by atomic mass is 19.1. The predicted molar refractivity (Wildman–Crippen MR) is 94.6 cm³/mol. The van der Waals surface area contributed by atoms with E-state index in [9.17, 15) is 9.50 Å². The van der Waals surface area contributed by atoms with Crippen LogP contribution in [0.15, 0.2) is 66.9 Å². The van der Waals surface area contributed by atoms with Gasteiger partial charge in [-0.25, -0.2) is 14.4 Å². The first kappa shape index (κ1) is 15.7. The summed E-state index contributed by atoms with van der Waals surface area (Å²) < 4.78 is 13.2. The van der Waals surface area contributed by atoms with E-state index in [1.807, 2.05) is 36.4 Å². The van der Waals surface area contributed by atoms with Gasteiger partial charge in [-0.3, -0.25) is 0 Å². The first-order valence-electron chi connectivity index (χ1n) is 8.29. The third-order valence-electron chi connectivity index (χ3n) is 4.50. The zero-order valence-electron chi connectivity index (χ0n) is 13.6. The van der Waals surface area contributed by atoms with E-state index in [0.29, 0.717) is 18.8 Å². The monoisotopic (exact) mass is 335 g/mol. The van der Waals surface area contributed by atoms with E-state index >= 15 is 0 Å². The summed E-state index contributed by atoms with van der Waals surface area (Å²) in [5, 5.41) is 10.2. The van der Waals surface area contributed by atoms with E-state index in [2.05, 4.69) is 14.9 Å². The molecule has 4 rings (SSSR count). The number of rotatable bonds is 3. The lowest BCUT2D eigenvalue weighted by atomic mass is 10.0. The number of aliphatic hydroxyl groups excluding tert-OH is 1. The lowest BCUT2D eigenvalue weighted by Crippen LogP contribution is -2.25. The number of hydrogen-bond donors (Lipinski definition) is 1. The summed E-state index contributed by atoms with van der Waals surface area (Å²) in [7, 11) is 0. The molecule has 2 heterocycles. The number of aliphatic hydroxyl groups is 1. The minimum absolute atomic E-state index is 0.0332. The Labute approximate surface area is 145 Å². The molecule has 1 saturated heterocycles. The van der Waals surface area contributed by atoms with E-state index in [-0.39, 0.29) is 11.9 Å². The largest absolute Gasteiger partial charge is 0.391 e. The molecule has 0 amide bonds. The van der Waals surface area contributed by atoms with Crippen molar-refractivity contribution < 1.29 is 9.50 Å². The van der Waals surface area contributed by atoms with Gasteiger partial charge in [0.2, 0.25) is 0 Å². The smallest absolute Gasteiger partial charge is 0.161 e. The Kier molecular flexibility index (Phi) is 4.15. The zero-order valence-corrected chi connectivity index (χ0v) is 13.6. The van der Waals surface area contributed by atoms with Crippen molar-refractivity contribution in [3.8, 4) is 11.4 Å². The standard InChI is InChI=1S/C20H18FN3O/c21-16-8-6-14(7-9-16)18-12-17(25)13-24(18)19-10-11-22-20(23-19)15-4-2-1-3-5-15/h1-11,17-18,25H,12-13H2/t17-,18+/m1/s1. The Balaban J connectivity index is 1.69. The van der Waals surface area contributed by atoms with Gasteiger partial charge in [-0.2, -0.15) is 0 Å². The van der Waals surface area contributed by atoms with Crippen LogP contribution in [0.3, 0.4) is 0 Å². The predicted octanol–water partition coefficient (Wildman–Crippen LogP) is 3.60. The molecule has 2 atom stereocenters. The second kappa shape index (κ2) is 6.61. The summed E-state index contributed by atoms with van der Waals surface area (Å²) in [5.74, 6) is 1.15. The van der Waals surface area contributed by atoms with Crippen molar-refractivity contribution in [2.24, 2.45) is 0 Å². The Hall–Kier alpha value is -2.79. The van der Waals surface area contributed by atoms with Crippen LogP contribution in [0.2, 0.25) is 0 Å². The van der Waals surface area contributed by atoms with Gasteiger partial charge in [0.15, 0.2) is 5.82 Å². The fraction of sp³-hybridized carbons (Fsp3) is 0.200. The highest BCUT2D eigenvalue weighted by Gasteiger charge is 2.33. The van der Waals surface area contributed by atoms with Gasteiger partial charge in [0, 0.05) is 18.3 Å². The zero-order chi connectivity index (χ0) is 17.2. The van der Waals surface area contributed by atoms with E-state index in [0.717, 1.165) is 16.9 Å². The summed E-state index contributed by atoms with van der Waals surface area (Å²) in [5.41, 5.74) is 1.92. The molecule has 0 bridgehead atoms. The van der Waals surface area contributed by atoms with Gasteiger partial charge in [-0.1, -0.05) is 42.5 Å². The van der Waals surface area contributed by atoms with Crippen molar-refractivity contribution in [2.75, 3.05) is 11.4 Å². The molecule has 1 N–H and O–H groups in total. The molecule has 2 aromatic carbocycles. The van der Waals surface area contributed by atoms with Crippen LogP contribution in [0.1, 0.15) is 18.0 Å². The molecule has 0 saturated carbocycles. The molecule has 1 aliphatic rings. The van der Waals surface area contributed by atoms with E-state index in [1.54, 1.807) is 18.3 Å². The number of anilines is 1. The first-order chi connectivity index (χ1) is 12.2. The van der Waals surface area contributed by atoms with Crippen molar-refractivity contribution in [3.63, 3.8) is 0 Å². The normalized spacial score (nSPS) is 20.0. The van der Waals surface area contributed by atoms with E-state index < -0.39 is 6.10 Å². The van der Waals surface area contributed by atoms with Crippen LogP contribution in [-0.2, 0) is 0 Å². The van der Waals surface area contributed by atoms with Crippen LogP contribution in [0.5, 0.6) is 0 Å². The molecule has 3 aromatic rings. The van der Waals surface area contributed by atoms with Crippen LogP contribution >= 0.6 is 0 Å². The molecule has 1 aliphatic heterocycles. The first-order valence-corrected chi connectivity index (χ1v) is 8.29. The average Bonchev–Trinajstić information content (AvgIpc) is 3.05.